The summed E-state index contributed by atoms with van der Waals surface area (Å²) in [6.45, 7) is 1.08. The van der Waals surface area contributed by atoms with Crippen molar-refractivity contribution in [1.29, 1.82) is 0 Å². The molecule has 1 unspecified atom stereocenters. The number of rotatable bonds is 5. The number of thiazole rings is 1. The molecule has 1 aliphatic rings. The van der Waals surface area contributed by atoms with Crippen molar-refractivity contribution in [3.63, 3.8) is 0 Å². The van der Waals surface area contributed by atoms with Crippen LogP contribution in [0.15, 0.2) is 53.4 Å². The van der Waals surface area contributed by atoms with Crippen LogP contribution in [0.3, 0.4) is 0 Å². The molecule has 2 N–H and O–H groups in total. The lowest BCUT2D eigenvalue weighted by Crippen LogP contribution is -2.43. The summed E-state index contributed by atoms with van der Waals surface area (Å²) in [5.41, 5.74) is 1.10. The van der Waals surface area contributed by atoms with Crippen LogP contribution < -0.4 is 10.6 Å². The normalized spacial score (nSPS) is 16.1. The number of piperidine rings is 1. The Morgan fingerprint density at radius 3 is 2.57 bits per heavy atom. The van der Waals surface area contributed by atoms with E-state index in [2.05, 4.69) is 15.6 Å². The van der Waals surface area contributed by atoms with E-state index in [1.807, 2.05) is 17.5 Å². The fourth-order valence-electron chi connectivity index (χ4n) is 3.34. The Hall–Kier alpha value is -3.04. The summed E-state index contributed by atoms with van der Waals surface area (Å²) in [5, 5.41) is 9.82. The molecule has 1 atom stereocenters. The molecule has 0 spiro atoms. The van der Waals surface area contributed by atoms with Crippen LogP contribution in [0, 0.1) is 5.92 Å². The number of nitrogens with one attached hydrogen (secondary N) is 2. The van der Waals surface area contributed by atoms with Crippen molar-refractivity contribution in [3.8, 4) is 0 Å². The molecule has 0 radical (unpaired) electrons. The average Bonchev–Trinajstić information content (AvgIpc) is 3.48. The summed E-state index contributed by atoms with van der Waals surface area (Å²) in [6, 6.07) is 10.4. The lowest BCUT2D eigenvalue weighted by atomic mass is 9.96. The minimum Gasteiger partial charge on any atom is -0.337 e. The Kier molecular flexibility index (Phi) is 6.20. The third-order valence-electron chi connectivity index (χ3n) is 4.88. The second-order valence-electron chi connectivity index (χ2n) is 6.93. The Morgan fingerprint density at radius 2 is 1.87 bits per heavy atom. The van der Waals surface area contributed by atoms with Crippen LogP contribution in [0.5, 0.6) is 0 Å². The number of benzene rings is 1. The third-order valence-corrected chi connectivity index (χ3v) is 6.43. The molecule has 3 heterocycles. The quantitative estimate of drug-likeness (QED) is 0.629. The summed E-state index contributed by atoms with van der Waals surface area (Å²) in [4.78, 5) is 44.0. The van der Waals surface area contributed by atoms with Gasteiger partial charge in [-0.3, -0.25) is 19.7 Å². The molecule has 1 aromatic carbocycles. The van der Waals surface area contributed by atoms with Crippen molar-refractivity contribution in [2.75, 3.05) is 23.7 Å². The van der Waals surface area contributed by atoms with Crippen LogP contribution in [0.2, 0.25) is 0 Å². The second-order valence-corrected chi connectivity index (χ2v) is 8.77. The third kappa shape index (κ3) is 4.74. The van der Waals surface area contributed by atoms with Crippen molar-refractivity contribution in [3.05, 3.63) is 63.8 Å². The molecule has 7 nitrogen and oxygen atoms in total. The van der Waals surface area contributed by atoms with Gasteiger partial charge in [-0.05, 0) is 48.6 Å². The van der Waals surface area contributed by atoms with Gasteiger partial charge in [-0.25, -0.2) is 4.98 Å². The van der Waals surface area contributed by atoms with E-state index >= 15 is 0 Å². The first-order chi connectivity index (χ1) is 14.6. The minimum atomic E-state index is -0.254. The van der Waals surface area contributed by atoms with Crippen LogP contribution in [0.1, 0.15) is 32.9 Å². The highest BCUT2D eigenvalue weighted by atomic mass is 32.1. The zero-order chi connectivity index (χ0) is 20.9. The maximum Gasteiger partial charge on any atom is 0.263 e. The van der Waals surface area contributed by atoms with E-state index < -0.39 is 0 Å². The highest BCUT2D eigenvalue weighted by molar-refractivity contribution is 7.13. The fourth-order valence-corrected chi connectivity index (χ4v) is 4.55. The molecular weight excluding hydrogens is 420 g/mol. The molecule has 1 aliphatic heterocycles. The molecule has 1 fully saturated rings. The molecule has 30 heavy (non-hydrogen) atoms. The van der Waals surface area contributed by atoms with Crippen molar-refractivity contribution in [2.24, 2.45) is 5.92 Å². The van der Waals surface area contributed by atoms with Crippen LogP contribution in [-0.2, 0) is 4.79 Å². The molecule has 154 valence electrons. The van der Waals surface area contributed by atoms with E-state index in [1.54, 1.807) is 40.7 Å². The van der Waals surface area contributed by atoms with Gasteiger partial charge in [0.15, 0.2) is 5.13 Å². The minimum absolute atomic E-state index is 0.0157. The molecule has 0 bridgehead atoms. The van der Waals surface area contributed by atoms with Crippen molar-refractivity contribution >= 4 is 51.2 Å². The number of thiophene rings is 1. The van der Waals surface area contributed by atoms with E-state index in [-0.39, 0.29) is 23.6 Å². The van der Waals surface area contributed by atoms with Crippen molar-refractivity contribution < 1.29 is 14.4 Å². The van der Waals surface area contributed by atoms with Gasteiger partial charge in [0.2, 0.25) is 5.91 Å². The Bertz CT molecular complexity index is 1020. The van der Waals surface area contributed by atoms with Crippen LogP contribution in [0.4, 0.5) is 10.8 Å². The van der Waals surface area contributed by atoms with E-state index in [4.69, 9.17) is 0 Å². The smallest absolute Gasteiger partial charge is 0.263 e. The van der Waals surface area contributed by atoms with Crippen molar-refractivity contribution in [1.82, 2.24) is 9.88 Å². The molecular formula is C21H20N4O3S2. The van der Waals surface area contributed by atoms with Gasteiger partial charge in [-0.2, -0.15) is 0 Å². The average molecular weight is 441 g/mol. The summed E-state index contributed by atoms with van der Waals surface area (Å²) in [7, 11) is 0. The van der Waals surface area contributed by atoms with E-state index in [9.17, 15) is 14.4 Å². The van der Waals surface area contributed by atoms with Gasteiger partial charge >= 0.3 is 0 Å². The van der Waals surface area contributed by atoms with E-state index in [0.717, 1.165) is 12.8 Å². The molecule has 4 rings (SSSR count). The number of carbonyl (C=O) groups is 3. The molecule has 0 aliphatic carbocycles. The summed E-state index contributed by atoms with van der Waals surface area (Å²) >= 11 is 2.76. The number of hydrogen-bond acceptors (Lipinski definition) is 6. The number of hydrogen-bond donors (Lipinski definition) is 2. The zero-order valence-corrected chi connectivity index (χ0v) is 17.7. The summed E-state index contributed by atoms with van der Waals surface area (Å²) < 4.78 is 0. The predicted octanol–water partition coefficient (Wildman–Crippen LogP) is 3.95. The number of nitrogens with zero attached hydrogens (tertiary/aromatic N) is 2. The van der Waals surface area contributed by atoms with Gasteiger partial charge in [0.05, 0.1) is 10.8 Å². The molecule has 2 aromatic heterocycles. The molecule has 0 saturated carbocycles. The number of amides is 3. The molecule has 1 saturated heterocycles. The molecule has 3 amide bonds. The molecule has 3 aromatic rings. The number of aromatic nitrogens is 1. The SMILES string of the molecule is O=C(Nc1nccs1)c1ccc(NC(=O)C2CCCN(C(=O)c3cccs3)C2)cc1. The first kappa shape index (κ1) is 20.2. The molecule has 9 heteroatoms. The van der Waals surface area contributed by atoms with Crippen LogP contribution >= 0.6 is 22.7 Å². The highest BCUT2D eigenvalue weighted by Crippen LogP contribution is 2.22. The van der Waals surface area contributed by atoms with E-state index in [1.165, 1.54) is 22.7 Å². The number of likely N-dealkylation sites (tertiary alicyclic amines) is 1. The maximum atomic E-state index is 12.7. The maximum absolute atomic E-state index is 12.7. The van der Waals surface area contributed by atoms with Gasteiger partial charge in [-0.1, -0.05) is 6.07 Å². The second kappa shape index (κ2) is 9.19. The Balaban J connectivity index is 1.34. The Morgan fingerprint density at radius 1 is 1.03 bits per heavy atom. The zero-order valence-electron chi connectivity index (χ0n) is 16.0. The topological polar surface area (TPSA) is 91.4 Å². The van der Waals surface area contributed by atoms with Gasteiger partial charge in [0, 0.05) is 35.9 Å². The van der Waals surface area contributed by atoms with Crippen LogP contribution in [0.25, 0.3) is 0 Å². The number of carbonyl (C=O) groups excluding carboxylic acids is 3. The first-order valence-electron chi connectivity index (χ1n) is 9.55. The largest absolute Gasteiger partial charge is 0.337 e. The Labute approximate surface area is 181 Å². The lowest BCUT2D eigenvalue weighted by molar-refractivity contribution is -0.121. The first-order valence-corrected chi connectivity index (χ1v) is 11.3. The monoisotopic (exact) mass is 440 g/mol. The predicted molar refractivity (Wildman–Crippen MR) is 118 cm³/mol. The summed E-state index contributed by atoms with van der Waals surface area (Å²) in [6.07, 6.45) is 3.17. The summed E-state index contributed by atoms with van der Waals surface area (Å²) in [5.74, 6) is -0.634. The number of anilines is 2. The lowest BCUT2D eigenvalue weighted by Gasteiger charge is -2.31. The standard InChI is InChI=1S/C21H20N4O3S2/c26-18(24-21-22-9-12-30-21)14-5-7-16(8-6-14)23-19(27)15-3-1-10-25(13-15)20(28)17-4-2-11-29-17/h2,4-9,11-12,15H,1,3,10,13H2,(H,23,27)(H,22,24,26). The highest BCUT2D eigenvalue weighted by Gasteiger charge is 2.29. The van der Waals surface area contributed by atoms with Gasteiger partial charge in [0.25, 0.3) is 11.8 Å². The fraction of sp³-hybridized carbons (Fsp3) is 0.238. The van der Waals surface area contributed by atoms with Crippen molar-refractivity contribution in [2.45, 2.75) is 12.8 Å². The van der Waals surface area contributed by atoms with Gasteiger partial charge in [0.1, 0.15) is 0 Å². The van der Waals surface area contributed by atoms with Gasteiger partial charge < -0.3 is 10.2 Å². The van der Waals surface area contributed by atoms with Crippen LogP contribution in [-0.4, -0.2) is 40.7 Å². The van der Waals surface area contributed by atoms with Gasteiger partial charge in [-0.15, -0.1) is 22.7 Å². The van der Waals surface area contributed by atoms with E-state index in [0.29, 0.717) is 34.3 Å².